The van der Waals surface area contributed by atoms with Gasteiger partial charge in [0.15, 0.2) is 0 Å². The lowest BCUT2D eigenvalue weighted by Crippen LogP contribution is -2.14. The molecule has 0 fully saturated rings. The first-order chi connectivity index (χ1) is 9.61. The molecule has 0 aliphatic heterocycles. The topological polar surface area (TPSA) is 59.1 Å². The molecule has 0 bridgehead atoms. The molecule has 1 heterocycles. The Morgan fingerprint density at radius 2 is 1.67 bits per heavy atom. The predicted octanol–water partition coefficient (Wildman–Crippen LogP) is 3.86. The van der Waals surface area contributed by atoms with Gasteiger partial charge in [0.05, 0.1) is 10.6 Å². The van der Waals surface area contributed by atoms with Crippen molar-refractivity contribution in [2.45, 2.75) is 44.9 Å². The first-order valence-electron chi connectivity index (χ1n) is 6.67. The summed E-state index contributed by atoms with van der Waals surface area (Å²) in [6.07, 6.45) is 0. The third-order valence-corrected chi connectivity index (χ3v) is 5.87. The average molecular weight is 324 g/mol. The largest absolute Gasteiger partial charge is 0.269 e. The first kappa shape index (κ1) is 16.0. The number of nitrogens with one attached hydrogen (secondary N) is 1. The number of sulfonamides is 1. The number of anilines is 1. The Balaban J connectivity index is 2.30. The maximum absolute atomic E-state index is 12.4. The molecule has 0 saturated carbocycles. The smallest absolute Gasteiger partial charge is 0.262 e. The Hall–Kier alpha value is -1.40. The van der Waals surface area contributed by atoms with Gasteiger partial charge in [0.1, 0.15) is 5.00 Å². The van der Waals surface area contributed by atoms with E-state index in [1.165, 1.54) is 0 Å². The summed E-state index contributed by atoms with van der Waals surface area (Å²) in [4.78, 5) is 0.265. The zero-order valence-corrected chi connectivity index (χ0v) is 14.5. The summed E-state index contributed by atoms with van der Waals surface area (Å²) in [5, 5.41) is 0.576. The van der Waals surface area contributed by atoms with Crippen LogP contribution in [0.5, 0.6) is 0 Å². The van der Waals surface area contributed by atoms with Crippen molar-refractivity contribution in [3.63, 3.8) is 0 Å². The molecule has 1 N–H and O–H groups in total. The molecule has 0 unspecified atom stereocenters. The van der Waals surface area contributed by atoms with Crippen LogP contribution in [0.2, 0.25) is 0 Å². The first-order valence-corrected chi connectivity index (χ1v) is 8.93. The van der Waals surface area contributed by atoms with Crippen molar-refractivity contribution >= 4 is 26.6 Å². The lowest BCUT2D eigenvalue weighted by molar-refractivity contribution is 0.587. The van der Waals surface area contributed by atoms with Gasteiger partial charge in [-0.2, -0.15) is 4.37 Å². The minimum absolute atomic E-state index is 0.00108. The number of hydrogen-bond donors (Lipinski definition) is 1. The SMILES string of the molecule is Cc1nsc(NS(=O)(=O)c2ccc(C(C)(C)C)cc2)c1C. The molecule has 114 valence electrons. The maximum Gasteiger partial charge on any atom is 0.262 e. The lowest BCUT2D eigenvalue weighted by atomic mass is 9.87. The summed E-state index contributed by atoms with van der Waals surface area (Å²) in [5.41, 5.74) is 2.82. The Bertz CT molecular complexity index is 739. The molecule has 4 nitrogen and oxygen atoms in total. The highest BCUT2D eigenvalue weighted by atomic mass is 32.2. The molecule has 2 aromatic rings. The molecule has 6 heteroatoms. The summed E-state index contributed by atoms with van der Waals surface area (Å²) >= 11 is 1.16. The highest BCUT2D eigenvalue weighted by Crippen LogP contribution is 2.27. The van der Waals surface area contributed by atoms with Gasteiger partial charge < -0.3 is 0 Å². The van der Waals surface area contributed by atoms with E-state index in [-0.39, 0.29) is 10.3 Å². The second-order valence-electron chi connectivity index (χ2n) is 6.10. The number of benzene rings is 1. The summed E-state index contributed by atoms with van der Waals surface area (Å²) in [5.74, 6) is 0. The molecule has 0 saturated heterocycles. The fraction of sp³-hybridized carbons (Fsp3) is 0.400. The van der Waals surface area contributed by atoms with Gasteiger partial charge in [-0.05, 0) is 48.5 Å². The van der Waals surface area contributed by atoms with Gasteiger partial charge in [0, 0.05) is 5.56 Å². The Morgan fingerprint density at radius 3 is 2.10 bits per heavy atom. The third-order valence-electron chi connectivity index (χ3n) is 3.41. The van der Waals surface area contributed by atoms with Crippen LogP contribution in [0.15, 0.2) is 29.2 Å². The minimum Gasteiger partial charge on any atom is -0.269 e. The molecule has 0 aliphatic carbocycles. The van der Waals surface area contributed by atoms with Gasteiger partial charge in [-0.1, -0.05) is 32.9 Å². The van der Waals surface area contributed by atoms with Gasteiger partial charge in [0.25, 0.3) is 10.0 Å². The van der Waals surface area contributed by atoms with E-state index in [0.717, 1.165) is 28.4 Å². The van der Waals surface area contributed by atoms with Crippen LogP contribution in [0.4, 0.5) is 5.00 Å². The Kier molecular flexibility index (Phi) is 4.13. The molecular weight excluding hydrogens is 304 g/mol. The van der Waals surface area contributed by atoms with Crippen molar-refractivity contribution < 1.29 is 8.42 Å². The molecule has 0 radical (unpaired) electrons. The van der Waals surface area contributed by atoms with Crippen LogP contribution in [-0.2, 0) is 15.4 Å². The number of aromatic nitrogens is 1. The second-order valence-corrected chi connectivity index (χ2v) is 8.56. The molecule has 0 spiro atoms. The molecule has 2 rings (SSSR count). The van der Waals surface area contributed by atoms with Gasteiger partial charge in [-0.15, -0.1) is 0 Å². The highest BCUT2D eigenvalue weighted by molar-refractivity contribution is 7.93. The lowest BCUT2D eigenvalue weighted by Gasteiger charge is -2.19. The molecule has 1 aromatic heterocycles. The second kappa shape index (κ2) is 5.42. The van der Waals surface area contributed by atoms with E-state index in [9.17, 15) is 8.42 Å². The minimum atomic E-state index is -3.56. The molecular formula is C15H20N2O2S2. The van der Waals surface area contributed by atoms with E-state index < -0.39 is 10.0 Å². The maximum atomic E-state index is 12.4. The van der Waals surface area contributed by atoms with Crippen molar-refractivity contribution in [2.24, 2.45) is 0 Å². The van der Waals surface area contributed by atoms with E-state index >= 15 is 0 Å². The Morgan fingerprint density at radius 1 is 1.10 bits per heavy atom. The molecule has 1 aromatic carbocycles. The summed E-state index contributed by atoms with van der Waals surface area (Å²) in [6.45, 7) is 10.0. The van der Waals surface area contributed by atoms with Crippen molar-refractivity contribution in [3.05, 3.63) is 41.1 Å². The van der Waals surface area contributed by atoms with Crippen LogP contribution in [-0.4, -0.2) is 12.8 Å². The summed E-state index contributed by atoms with van der Waals surface area (Å²) in [6, 6.07) is 7.01. The highest BCUT2D eigenvalue weighted by Gasteiger charge is 2.19. The van der Waals surface area contributed by atoms with Gasteiger partial charge in [-0.25, -0.2) is 8.42 Å². The summed E-state index contributed by atoms with van der Waals surface area (Å²) in [7, 11) is -3.56. The van der Waals surface area contributed by atoms with Crippen LogP contribution in [0.1, 0.15) is 37.6 Å². The van der Waals surface area contributed by atoms with E-state index in [0.29, 0.717) is 5.00 Å². The molecule has 21 heavy (non-hydrogen) atoms. The van der Waals surface area contributed by atoms with Gasteiger partial charge >= 0.3 is 0 Å². The van der Waals surface area contributed by atoms with E-state index in [1.54, 1.807) is 12.1 Å². The van der Waals surface area contributed by atoms with Crippen LogP contribution < -0.4 is 4.72 Å². The van der Waals surface area contributed by atoms with Crippen molar-refractivity contribution in [3.8, 4) is 0 Å². The van der Waals surface area contributed by atoms with Crippen LogP contribution in [0.25, 0.3) is 0 Å². The third kappa shape index (κ3) is 3.44. The van der Waals surface area contributed by atoms with Crippen LogP contribution in [0, 0.1) is 13.8 Å². The van der Waals surface area contributed by atoms with Gasteiger partial charge in [-0.3, -0.25) is 4.72 Å². The van der Waals surface area contributed by atoms with E-state index in [4.69, 9.17) is 0 Å². The normalized spacial score (nSPS) is 12.4. The van der Waals surface area contributed by atoms with Crippen molar-refractivity contribution in [1.29, 1.82) is 0 Å². The van der Waals surface area contributed by atoms with Gasteiger partial charge in [0.2, 0.25) is 0 Å². The number of rotatable bonds is 3. The zero-order valence-electron chi connectivity index (χ0n) is 12.9. The quantitative estimate of drug-likeness (QED) is 0.932. The number of aryl methyl sites for hydroxylation is 1. The molecule has 0 amide bonds. The fourth-order valence-corrected chi connectivity index (χ4v) is 3.96. The fourth-order valence-electron chi connectivity index (χ4n) is 1.83. The van der Waals surface area contributed by atoms with Crippen molar-refractivity contribution in [1.82, 2.24) is 4.37 Å². The molecule has 0 aliphatic rings. The molecule has 0 atom stereocenters. The summed E-state index contributed by atoms with van der Waals surface area (Å²) < 4.78 is 31.5. The average Bonchev–Trinajstić information content (AvgIpc) is 2.69. The monoisotopic (exact) mass is 324 g/mol. The van der Waals surface area contributed by atoms with E-state index in [2.05, 4.69) is 29.9 Å². The predicted molar refractivity (Wildman–Crippen MR) is 87.5 cm³/mol. The number of hydrogen-bond acceptors (Lipinski definition) is 4. The number of nitrogens with zero attached hydrogens (tertiary/aromatic N) is 1. The standard InChI is InChI=1S/C15H20N2O2S2/c1-10-11(2)16-20-14(10)17-21(18,19)13-8-6-12(7-9-13)15(3,4)5/h6-9,17H,1-5H3. The van der Waals surface area contributed by atoms with E-state index in [1.807, 2.05) is 26.0 Å². The zero-order chi connectivity index (χ0) is 15.8. The van der Waals surface area contributed by atoms with Crippen molar-refractivity contribution in [2.75, 3.05) is 4.72 Å². The Labute approximate surface area is 130 Å². The van der Waals surface area contributed by atoms with Crippen LogP contribution in [0.3, 0.4) is 0 Å². The van der Waals surface area contributed by atoms with Crippen LogP contribution >= 0.6 is 11.5 Å².